The van der Waals surface area contributed by atoms with E-state index in [0.717, 1.165) is 28.5 Å². The molecule has 2 aromatic rings. The van der Waals surface area contributed by atoms with E-state index in [4.69, 9.17) is 40.5 Å². The fourth-order valence-electron chi connectivity index (χ4n) is 4.42. The highest BCUT2D eigenvalue weighted by atomic mass is 35.5. The predicted molar refractivity (Wildman–Crippen MR) is 137 cm³/mol. The maximum Gasteiger partial charge on any atom is 0.259 e. The number of rotatable bonds is 5. The molecule has 190 valence electrons. The molecule has 0 bridgehead atoms. The molecule has 35 heavy (non-hydrogen) atoms. The second kappa shape index (κ2) is 10.9. The summed E-state index contributed by atoms with van der Waals surface area (Å²) < 4.78 is 28.5. The molecule has 8 nitrogen and oxygen atoms in total. The van der Waals surface area contributed by atoms with Gasteiger partial charge in [-0.3, -0.25) is 9.59 Å². The molecule has 0 radical (unpaired) electrons. The van der Waals surface area contributed by atoms with Crippen LogP contribution in [0.1, 0.15) is 42.5 Å². The third kappa shape index (κ3) is 5.79. The summed E-state index contributed by atoms with van der Waals surface area (Å²) in [6.45, 7) is 0.278. The molecule has 1 saturated heterocycles. The first-order valence-corrected chi connectivity index (χ1v) is 14.6. The van der Waals surface area contributed by atoms with Gasteiger partial charge in [-0.1, -0.05) is 34.8 Å². The van der Waals surface area contributed by atoms with Crippen molar-refractivity contribution in [1.29, 1.82) is 0 Å². The van der Waals surface area contributed by atoms with Crippen molar-refractivity contribution >= 4 is 68.0 Å². The van der Waals surface area contributed by atoms with E-state index in [1.165, 1.54) is 35.2 Å². The molecule has 1 aromatic heterocycles. The van der Waals surface area contributed by atoms with Crippen LogP contribution in [0.15, 0.2) is 34.5 Å². The number of amides is 2. The molecule has 1 atom stereocenters. The Morgan fingerprint density at radius 2 is 1.71 bits per heavy atom. The highest BCUT2D eigenvalue weighted by molar-refractivity contribution is 7.91. The highest BCUT2D eigenvalue weighted by Gasteiger charge is 2.45. The van der Waals surface area contributed by atoms with Crippen molar-refractivity contribution in [2.75, 3.05) is 13.1 Å². The number of halogens is 3. The molecule has 1 aliphatic carbocycles. The van der Waals surface area contributed by atoms with Gasteiger partial charge in [0.05, 0.1) is 14.4 Å². The van der Waals surface area contributed by atoms with Gasteiger partial charge in [0.25, 0.3) is 21.8 Å². The zero-order valence-electron chi connectivity index (χ0n) is 18.6. The Hall–Kier alpha value is -1.40. The van der Waals surface area contributed by atoms with Crippen molar-refractivity contribution in [1.82, 2.24) is 14.5 Å². The number of hydrogen-bond acceptors (Lipinski definition) is 6. The number of hydrogen-bond donors (Lipinski definition) is 2. The Morgan fingerprint density at radius 1 is 1.00 bits per heavy atom. The van der Waals surface area contributed by atoms with Crippen LogP contribution < -0.4 is 11.1 Å². The van der Waals surface area contributed by atoms with Gasteiger partial charge in [0.2, 0.25) is 0 Å². The molecule has 1 aromatic carbocycles. The molecule has 13 heteroatoms. The summed E-state index contributed by atoms with van der Waals surface area (Å²) in [7, 11) is -4.10. The van der Waals surface area contributed by atoms with Gasteiger partial charge < -0.3 is 16.0 Å². The van der Waals surface area contributed by atoms with Gasteiger partial charge in [0, 0.05) is 30.7 Å². The van der Waals surface area contributed by atoms with Crippen LogP contribution in [0.4, 0.5) is 0 Å². The zero-order chi connectivity index (χ0) is 25.3. The first kappa shape index (κ1) is 26.7. The average Bonchev–Trinajstić information content (AvgIpc) is 3.28. The standard InChI is InChI=1S/C22H25Cl3N4O4S2/c23-16-7-2-13(12-17(16)24)22(31)28-10-1-11-29(35(32,33)19-9-8-18(25)34-19)21(28)20(30)27-15-5-3-14(26)4-6-15/h2,7-9,12,14-15,21H,1,3-6,10-11,26H2,(H,27,30). The fraction of sp³-hybridized carbons (Fsp3) is 0.455. The van der Waals surface area contributed by atoms with Crippen molar-refractivity contribution in [3.05, 3.63) is 50.3 Å². The lowest BCUT2D eigenvalue weighted by Gasteiger charge is -2.42. The molecule has 2 heterocycles. The quantitative estimate of drug-likeness (QED) is 0.557. The first-order valence-electron chi connectivity index (χ1n) is 11.2. The Labute approximate surface area is 223 Å². The van der Waals surface area contributed by atoms with Crippen LogP contribution in [0.3, 0.4) is 0 Å². The lowest BCUT2D eigenvalue weighted by atomic mass is 9.92. The predicted octanol–water partition coefficient (Wildman–Crippen LogP) is 3.96. The number of nitrogens with one attached hydrogen (secondary N) is 1. The number of thiophene rings is 1. The smallest absolute Gasteiger partial charge is 0.259 e. The molecular formula is C22H25Cl3N4O4S2. The van der Waals surface area contributed by atoms with E-state index < -0.39 is 28.0 Å². The Bertz CT molecular complexity index is 1220. The van der Waals surface area contributed by atoms with E-state index >= 15 is 0 Å². The number of carbonyl (C=O) groups excluding carboxylic acids is 2. The van der Waals surface area contributed by atoms with Gasteiger partial charge in [0.1, 0.15) is 4.21 Å². The normalized spacial score (nSPS) is 23.8. The molecule has 1 unspecified atom stereocenters. The third-order valence-electron chi connectivity index (χ3n) is 6.24. The minimum Gasteiger partial charge on any atom is -0.350 e. The summed E-state index contributed by atoms with van der Waals surface area (Å²) >= 11 is 19.0. The van der Waals surface area contributed by atoms with E-state index in [2.05, 4.69) is 5.32 Å². The van der Waals surface area contributed by atoms with Crippen molar-refractivity contribution in [3.8, 4) is 0 Å². The Kier molecular flexibility index (Phi) is 8.32. The van der Waals surface area contributed by atoms with Gasteiger partial charge in [-0.2, -0.15) is 4.31 Å². The number of carbonyl (C=O) groups is 2. The molecule has 0 spiro atoms. The van der Waals surface area contributed by atoms with Crippen LogP contribution >= 0.6 is 46.1 Å². The highest BCUT2D eigenvalue weighted by Crippen LogP contribution is 2.32. The van der Waals surface area contributed by atoms with Crippen molar-refractivity contribution < 1.29 is 18.0 Å². The molecule has 2 amide bonds. The number of benzene rings is 1. The Morgan fingerprint density at radius 3 is 2.34 bits per heavy atom. The van der Waals surface area contributed by atoms with E-state index in [9.17, 15) is 18.0 Å². The first-order chi connectivity index (χ1) is 16.6. The summed E-state index contributed by atoms with van der Waals surface area (Å²) in [5.74, 6) is -1.07. The molecule has 3 N–H and O–H groups in total. The maximum absolute atomic E-state index is 13.6. The lowest BCUT2D eigenvalue weighted by Crippen LogP contribution is -2.64. The topological polar surface area (TPSA) is 113 Å². The largest absolute Gasteiger partial charge is 0.350 e. The van der Waals surface area contributed by atoms with E-state index in [-0.39, 0.29) is 45.0 Å². The lowest BCUT2D eigenvalue weighted by molar-refractivity contribution is -0.132. The van der Waals surface area contributed by atoms with E-state index in [1.807, 2.05) is 0 Å². The van der Waals surface area contributed by atoms with Crippen LogP contribution in [0.25, 0.3) is 0 Å². The maximum atomic E-state index is 13.6. The summed E-state index contributed by atoms with van der Waals surface area (Å²) in [6.07, 6.45) is 1.88. The molecule has 1 saturated carbocycles. The summed E-state index contributed by atoms with van der Waals surface area (Å²) in [4.78, 5) is 28.4. The minimum absolute atomic E-state index is 0.00720. The van der Waals surface area contributed by atoms with Gasteiger partial charge in [-0.25, -0.2) is 8.42 Å². The monoisotopic (exact) mass is 578 g/mol. The average molecular weight is 580 g/mol. The van der Waals surface area contributed by atoms with E-state index in [1.54, 1.807) is 0 Å². The number of sulfonamides is 1. The van der Waals surface area contributed by atoms with Crippen LogP contribution in [-0.2, 0) is 14.8 Å². The van der Waals surface area contributed by atoms with Crippen molar-refractivity contribution in [3.63, 3.8) is 0 Å². The molecule has 1 aliphatic heterocycles. The molecular weight excluding hydrogens is 555 g/mol. The van der Waals surface area contributed by atoms with Crippen LogP contribution in [-0.4, -0.2) is 60.8 Å². The van der Waals surface area contributed by atoms with Crippen LogP contribution in [0.5, 0.6) is 0 Å². The van der Waals surface area contributed by atoms with Gasteiger partial charge in [-0.15, -0.1) is 11.3 Å². The van der Waals surface area contributed by atoms with Gasteiger partial charge in [0.15, 0.2) is 6.17 Å². The summed E-state index contributed by atoms with van der Waals surface area (Å²) in [6, 6.07) is 7.24. The second-order valence-electron chi connectivity index (χ2n) is 8.65. The zero-order valence-corrected chi connectivity index (χ0v) is 22.5. The number of nitrogens with two attached hydrogens (primary N) is 1. The van der Waals surface area contributed by atoms with Crippen LogP contribution in [0.2, 0.25) is 14.4 Å². The van der Waals surface area contributed by atoms with E-state index in [0.29, 0.717) is 23.6 Å². The van der Waals surface area contributed by atoms with Gasteiger partial charge >= 0.3 is 0 Å². The number of nitrogens with zero attached hydrogens (tertiary/aromatic N) is 2. The summed E-state index contributed by atoms with van der Waals surface area (Å²) in [5.41, 5.74) is 6.19. The second-order valence-corrected chi connectivity index (χ2v) is 13.3. The van der Waals surface area contributed by atoms with Crippen LogP contribution in [0, 0.1) is 0 Å². The fourth-order valence-corrected chi connectivity index (χ4v) is 7.92. The van der Waals surface area contributed by atoms with Gasteiger partial charge in [-0.05, 0) is 62.4 Å². The molecule has 2 aliphatic rings. The third-order valence-corrected chi connectivity index (χ3v) is 10.5. The van der Waals surface area contributed by atoms with Crippen molar-refractivity contribution in [2.45, 2.75) is 54.6 Å². The minimum atomic E-state index is -4.10. The molecule has 4 rings (SSSR count). The molecule has 2 fully saturated rings. The SMILES string of the molecule is NC1CCC(NC(=O)C2N(C(=O)c3ccc(Cl)c(Cl)c3)CCCN2S(=O)(=O)c2ccc(Cl)s2)CC1. The summed E-state index contributed by atoms with van der Waals surface area (Å²) in [5, 5.41) is 3.43. The van der Waals surface area contributed by atoms with Crippen molar-refractivity contribution in [2.24, 2.45) is 5.73 Å². The Balaban J connectivity index is 1.69.